The van der Waals surface area contributed by atoms with Crippen LogP contribution in [0.25, 0.3) is 0 Å². The smallest absolute Gasteiger partial charge is 0.332 e. The largest absolute Gasteiger partial charge is 0.418 e. The normalized spacial score (nSPS) is 11.1. The zero-order valence-electron chi connectivity index (χ0n) is 11.5. The predicted octanol–water partition coefficient (Wildman–Crippen LogP) is 5.48. The number of halogens is 4. The monoisotopic (exact) mass is 344 g/mol. The second-order valence-corrected chi connectivity index (χ2v) is 5.43. The topological polar surface area (TPSA) is 24.1 Å². The van der Waals surface area contributed by atoms with Gasteiger partial charge in [0.2, 0.25) is 0 Å². The lowest BCUT2D eigenvalue weighted by atomic mass is 10.1. The Morgan fingerprint density at radius 2 is 1.68 bits per heavy atom. The molecule has 0 amide bonds. The minimum atomic E-state index is -4.45. The van der Waals surface area contributed by atoms with Crippen molar-refractivity contribution in [2.75, 3.05) is 10.6 Å². The minimum absolute atomic E-state index is 0.0575. The van der Waals surface area contributed by atoms with Crippen molar-refractivity contribution in [2.24, 2.45) is 0 Å². The molecule has 116 valence electrons. The van der Waals surface area contributed by atoms with E-state index in [0.29, 0.717) is 10.7 Å². The number of hydrogen-bond donors (Lipinski definition) is 2. The molecule has 0 aliphatic rings. The average Bonchev–Trinajstić information content (AvgIpc) is 2.42. The molecule has 2 rings (SSSR count). The standard InChI is InChI=1S/C15H12ClF3N2S/c1-9-6-7-10(16)8-13(9)21-14(22)20-12-5-3-2-4-11(12)15(17,18)19/h2-8H,1H3,(H2,20,21,22). The molecule has 7 heteroatoms. The summed E-state index contributed by atoms with van der Waals surface area (Å²) in [6, 6.07) is 10.3. The molecule has 0 heterocycles. The number of aryl methyl sites for hydroxylation is 1. The van der Waals surface area contributed by atoms with Gasteiger partial charge in [0.05, 0.1) is 11.3 Å². The first-order valence-corrected chi connectivity index (χ1v) is 7.06. The number of thiocarbonyl (C=S) groups is 1. The van der Waals surface area contributed by atoms with Gasteiger partial charge in [-0.3, -0.25) is 0 Å². The van der Waals surface area contributed by atoms with E-state index in [9.17, 15) is 13.2 Å². The molecular formula is C15H12ClF3N2S. The highest BCUT2D eigenvalue weighted by atomic mass is 35.5. The fourth-order valence-corrected chi connectivity index (χ4v) is 2.24. The summed E-state index contributed by atoms with van der Waals surface area (Å²) in [4.78, 5) is 0. The lowest BCUT2D eigenvalue weighted by Gasteiger charge is -2.16. The van der Waals surface area contributed by atoms with Crippen LogP contribution >= 0.6 is 23.8 Å². The lowest BCUT2D eigenvalue weighted by Crippen LogP contribution is -2.22. The van der Waals surface area contributed by atoms with E-state index in [1.54, 1.807) is 18.2 Å². The van der Waals surface area contributed by atoms with Crippen LogP contribution in [0.3, 0.4) is 0 Å². The van der Waals surface area contributed by atoms with Crippen molar-refractivity contribution in [3.05, 3.63) is 58.6 Å². The molecule has 0 unspecified atom stereocenters. The van der Waals surface area contributed by atoms with Crippen molar-refractivity contribution in [3.8, 4) is 0 Å². The summed E-state index contributed by atoms with van der Waals surface area (Å²) in [6.07, 6.45) is -4.45. The molecule has 2 N–H and O–H groups in total. The molecule has 0 aromatic heterocycles. The van der Waals surface area contributed by atoms with E-state index in [2.05, 4.69) is 10.6 Å². The van der Waals surface area contributed by atoms with Crippen LogP contribution in [-0.2, 0) is 6.18 Å². The summed E-state index contributed by atoms with van der Waals surface area (Å²) < 4.78 is 38.8. The van der Waals surface area contributed by atoms with Crippen LogP contribution in [0.1, 0.15) is 11.1 Å². The third kappa shape index (κ3) is 4.11. The zero-order chi connectivity index (χ0) is 16.3. The van der Waals surface area contributed by atoms with E-state index in [1.807, 2.05) is 6.92 Å². The van der Waals surface area contributed by atoms with Gasteiger partial charge in [0.15, 0.2) is 5.11 Å². The van der Waals surface area contributed by atoms with Gasteiger partial charge in [-0.2, -0.15) is 13.2 Å². The van der Waals surface area contributed by atoms with E-state index in [-0.39, 0.29) is 10.8 Å². The Hall–Kier alpha value is -1.79. The average molecular weight is 345 g/mol. The molecule has 0 saturated carbocycles. The molecule has 0 aliphatic heterocycles. The van der Waals surface area contributed by atoms with Gasteiger partial charge < -0.3 is 10.6 Å². The fourth-order valence-electron chi connectivity index (χ4n) is 1.84. The summed E-state index contributed by atoms with van der Waals surface area (Å²) >= 11 is 11.0. The second kappa shape index (κ2) is 6.54. The van der Waals surface area contributed by atoms with Crippen molar-refractivity contribution in [2.45, 2.75) is 13.1 Å². The number of alkyl halides is 3. The van der Waals surface area contributed by atoms with Gasteiger partial charge in [0.1, 0.15) is 0 Å². The predicted molar refractivity (Wildman–Crippen MR) is 87.5 cm³/mol. The maximum atomic E-state index is 12.9. The number of benzene rings is 2. The summed E-state index contributed by atoms with van der Waals surface area (Å²) in [5.41, 5.74) is 0.626. The first-order chi connectivity index (χ1) is 10.3. The molecule has 0 aliphatic carbocycles. The Morgan fingerprint density at radius 3 is 2.36 bits per heavy atom. The highest BCUT2D eigenvalue weighted by Gasteiger charge is 2.33. The molecule has 0 bridgehead atoms. The lowest BCUT2D eigenvalue weighted by molar-refractivity contribution is -0.136. The van der Waals surface area contributed by atoms with Crippen LogP contribution in [0.5, 0.6) is 0 Å². The minimum Gasteiger partial charge on any atom is -0.332 e. The van der Waals surface area contributed by atoms with Gasteiger partial charge in [0.25, 0.3) is 0 Å². The van der Waals surface area contributed by atoms with E-state index >= 15 is 0 Å². The molecule has 0 fully saturated rings. The SMILES string of the molecule is Cc1ccc(Cl)cc1NC(=S)Nc1ccccc1C(F)(F)F. The van der Waals surface area contributed by atoms with Crippen molar-refractivity contribution >= 4 is 40.3 Å². The number of para-hydroxylation sites is 1. The van der Waals surface area contributed by atoms with Gasteiger partial charge in [-0.25, -0.2) is 0 Å². The Kier molecular flexibility index (Phi) is 4.93. The van der Waals surface area contributed by atoms with E-state index < -0.39 is 11.7 Å². The van der Waals surface area contributed by atoms with Crippen LogP contribution in [0.2, 0.25) is 5.02 Å². The van der Waals surface area contributed by atoms with Gasteiger partial charge in [-0.15, -0.1) is 0 Å². The molecule has 2 nitrogen and oxygen atoms in total. The quantitative estimate of drug-likeness (QED) is 0.706. The molecule has 0 atom stereocenters. The molecule has 0 saturated heterocycles. The molecule has 0 radical (unpaired) electrons. The Labute approximate surface area is 136 Å². The Morgan fingerprint density at radius 1 is 1.05 bits per heavy atom. The maximum Gasteiger partial charge on any atom is 0.418 e. The van der Waals surface area contributed by atoms with E-state index in [0.717, 1.165) is 11.6 Å². The highest BCUT2D eigenvalue weighted by Crippen LogP contribution is 2.34. The molecule has 22 heavy (non-hydrogen) atoms. The highest BCUT2D eigenvalue weighted by molar-refractivity contribution is 7.80. The van der Waals surface area contributed by atoms with Crippen molar-refractivity contribution in [1.29, 1.82) is 0 Å². The number of nitrogens with one attached hydrogen (secondary N) is 2. The van der Waals surface area contributed by atoms with Crippen molar-refractivity contribution in [1.82, 2.24) is 0 Å². The van der Waals surface area contributed by atoms with Crippen molar-refractivity contribution < 1.29 is 13.2 Å². The summed E-state index contributed by atoms with van der Waals surface area (Å²) in [7, 11) is 0. The maximum absolute atomic E-state index is 12.9. The second-order valence-electron chi connectivity index (χ2n) is 4.58. The summed E-state index contributed by atoms with van der Waals surface area (Å²) in [6.45, 7) is 1.84. The summed E-state index contributed by atoms with van der Waals surface area (Å²) in [5.74, 6) is 0. The van der Waals surface area contributed by atoms with Crippen LogP contribution in [0.15, 0.2) is 42.5 Å². The van der Waals surface area contributed by atoms with Gasteiger partial charge in [-0.1, -0.05) is 29.8 Å². The summed E-state index contributed by atoms with van der Waals surface area (Å²) in [5, 5.41) is 5.98. The van der Waals surface area contributed by atoms with Crippen molar-refractivity contribution in [3.63, 3.8) is 0 Å². The molecule has 2 aromatic carbocycles. The van der Waals surface area contributed by atoms with E-state index in [1.165, 1.54) is 18.2 Å². The van der Waals surface area contributed by atoms with Crippen LogP contribution in [-0.4, -0.2) is 5.11 Å². The van der Waals surface area contributed by atoms with Crippen LogP contribution in [0.4, 0.5) is 24.5 Å². The zero-order valence-corrected chi connectivity index (χ0v) is 13.0. The fraction of sp³-hybridized carbons (Fsp3) is 0.133. The van der Waals surface area contributed by atoms with Gasteiger partial charge >= 0.3 is 6.18 Å². The van der Waals surface area contributed by atoms with Crippen LogP contribution in [0, 0.1) is 6.92 Å². The molecule has 2 aromatic rings. The Bertz CT molecular complexity index is 701. The molecule has 0 spiro atoms. The third-order valence-electron chi connectivity index (χ3n) is 2.93. The first kappa shape index (κ1) is 16.6. The Balaban J connectivity index is 2.18. The van der Waals surface area contributed by atoms with Gasteiger partial charge in [0, 0.05) is 10.7 Å². The number of rotatable bonds is 2. The van der Waals surface area contributed by atoms with Gasteiger partial charge in [-0.05, 0) is 49.0 Å². The van der Waals surface area contributed by atoms with Crippen LogP contribution < -0.4 is 10.6 Å². The number of anilines is 2. The first-order valence-electron chi connectivity index (χ1n) is 6.28. The molecular weight excluding hydrogens is 333 g/mol. The number of hydrogen-bond acceptors (Lipinski definition) is 1. The van der Waals surface area contributed by atoms with E-state index in [4.69, 9.17) is 23.8 Å². The third-order valence-corrected chi connectivity index (χ3v) is 3.37.